The van der Waals surface area contributed by atoms with Gasteiger partial charge in [-0.05, 0) is 12.5 Å². The predicted octanol–water partition coefficient (Wildman–Crippen LogP) is 0.520. The molecule has 0 fully saturated rings. The van der Waals surface area contributed by atoms with Crippen LogP contribution in [0.5, 0.6) is 0 Å². The van der Waals surface area contributed by atoms with Crippen molar-refractivity contribution in [3.05, 3.63) is 17.5 Å². The van der Waals surface area contributed by atoms with Crippen LogP contribution in [-0.2, 0) is 11.2 Å². The first-order valence-corrected chi connectivity index (χ1v) is 6.41. The molecule has 6 nitrogen and oxygen atoms in total. The third-order valence-electron chi connectivity index (χ3n) is 2.00. The molecule has 0 bridgehead atoms. The molecule has 0 unspecified atom stereocenters. The molecule has 0 aliphatic rings. The van der Waals surface area contributed by atoms with Gasteiger partial charge in [0.1, 0.15) is 5.69 Å². The molecule has 1 aromatic rings. The van der Waals surface area contributed by atoms with Gasteiger partial charge in [-0.25, -0.2) is 0 Å². The number of aliphatic carboxylic acids is 1. The minimum atomic E-state index is -0.846. The van der Waals surface area contributed by atoms with Crippen molar-refractivity contribution in [2.45, 2.75) is 13.3 Å². The summed E-state index contributed by atoms with van der Waals surface area (Å²) in [6, 6.07) is 1.71. The summed E-state index contributed by atoms with van der Waals surface area (Å²) in [5.74, 6) is -0.459. The van der Waals surface area contributed by atoms with Crippen LogP contribution in [0.4, 0.5) is 0 Å². The van der Waals surface area contributed by atoms with Crippen molar-refractivity contribution < 1.29 is 14.7 Å². The number of H-pyrrole nitrogens is 1. The summed E-state index contributed by atoms with van der Waals surface area (Å²) in [6.07, 6.45) is 0.800. The van der Waals surface area contributed by atoms with E-state index in [1.54, 1.807) is 6.07 Å². The van der Waals surface area contributed by atoms with Crippen molar-refractivity contribution in [1.29, 1.82) is 0 Å². The minimum absolute atomic E-state index is 0.0538. The number of carboxylic acids is 1. The fourth-order valence-electron chi connectivity index (χ4n) is 1.15. The smallest absolute Gasteiger partial charge is 0.313 e. The SMILES string of the molecule is CCc1cc(C(=O)NCCSCC(=O)O)n[nH]1. The first-order valence-electron chi connectivity index (χ1n) is 5.25. The van der Waals surface area contributed by atoms with Crippen LogP contribution in [0.3, 0.4) is 0 Å². The van der Waals surface area contributed by atoms with E-state index in [1.165, 1.54) is 11.8 Å². The number of nitrogens with zero attached hydrogens (tertiary/aromatic N) is 1. The summed E-state index contributed by atoms with van der Waals surface area (Å²) >= 11 is 1.27. The van der Waals surface area contributed by atoms with Crippen LogP contribution >= 0.6 is 11.8 Å². The maximum absolute atomic E-state index is 11.6. The zero-order valence-electron chi connectivity index (χ0n) is 9.52. The average Bonchev–Trinajstić information content (AvgIpc) is 2.76. The first kappa shape index (κ1) is 13.6. The second-order valence-corrected chi connectivity index (χ2v) is 4.44. The Labute approximate surface area is 103 Å². The number of rotatable bonds is 7. The van der Waals surface area contributed by atoms with E-state index in [0.29, 0.717) is 18.0 Å². The summed E-state index contributed by atoms with van der Waals surface area (Å²) in [7, 11) is 0. The quantitative estimate of drug-likeness (QED) is 0.619. The summed E-state index contributed by atoms with van der Waals surface area (Å²) in [4.78, 5) is 21.8. The molecule has 0 saturated carbocycles. The summed E-state index contributed by atoms with van der Waals surface area (Å²) in [6.45, 7) is 2.41. The molecule has 0 aliphatic heterocycles. The molecule has 0 aromatic carbocycles. The fraction of sp³-hybridized carbons (Fsp3) is 0.500. The Morgan fingerprint density at radius 2 is 2.35 bits per heavy atom. The number of hydrogen-bond donors (Lipinski definition) is 3. The topological polar surface area (TPSA) is 95.1 Å². The monoisotopic (exact) mass is 257 g/mol. The minimum Gasteiger partial charge on any atom is -0.481 e. The zero-order valence-corrected chi connectivity index (χ0v) is 10.3. The van der Waals surface area contributed by atoms with Crippen LogP contribution < -0.4 is 5.32 Å². The molecule has 17 heavy (non-hydrogen) atoms. The third kappa shape index (κ3) is 4.90. The molecule has 0 spiro atoms. The van der Waals surface area contributed by atoms with Gasteiger partial charge >= 0.3 is 5.97 Å². The van der Waals surface area contributed by atoms with Crippen LogP contribution in [0.1, 0.15) is 23.1 Å². The molecule has 1 aromatic heterocycles. The van der Waals surface area contributed by atoms with E-state index in [1.807, 2.05) is 6.92 Å². The molecule has 7 heteroatoms. The Hall–Kier alpha value is -1.50. The number of aryl methyl sites for hydroxylation is 1. The number of thioether (sulfide) groups is 1. The number of carbonyl (C=O) groups excluding carboxylic acids is 1. The first-order chi connectivity index (χ1) is 8.13. The van der Waals surface area contributed by atoms with Gasteiger partial charge < -0.3 is 10.4 Å². The van der Waals surface area contributed by atoms with Crippen molar-refractivity contribution in [3.63, 3.8) is 0 Å². The van der Waals surface area contributed by atoms with Crippen molar-refractivity contribution in [2.24, 2.45) is 0 Å². The van der Waals surface area contributed by atoms with Gasteiger partial charge in [0, 0.05) is 18.0 Å². The van der Waals surface area contributed by atoms with E-state index in [4.69, 9.17) is 5.11 Å². The Morgan fingerprint density at radius 1 is 1.59 bits per heavy atom. The lowest BCUT2D eigenvalue weighted by atomic mass is 10.3. The van der Waals surface area contributed by atoms with Crippen molar-refractivity contribution >= 4 is 23.6 Å². The van der Waals surface area contributed by atoms with Gasteiger partial charge in [0.25, 0.3) is 5.91 Å². The van der Waals surface area contributed by atoms with E-state index in [-0.39, 0.29) is 11.7 Å². The molecule has 1 rings (SSSR count). The number of aromatic amines is 1. The predicted molar refractivity (Wildman–Crippen MR) is 65.3 cm³/mol. The summed E-state index contributed by atoms with van der Waals surface area (Å²) < 4.78 is 0. The maximum atomic E-state index is 11.6. The maximum Gasteiger partial charge on any atom is 0.313 e. The van der Waals surface area contributed by atoms with Gasteiger partial charge in [0.15, 0.2) is 0 Å². The van der Waals surface area contributed by atoms with E-state index in [2.05, 4.69) is 15.5 Å². The number of amides is 1. The lowest BCUT2D eigenvalue weighted by Gasteiger charge is -2.01. The third-order valence-corrected chi connectivity index (χ3v) is 2.95. The zero-order chi connectivity index (χ0) is 12.7. The molecule has 1 heterocycles. The van der Waals surface area contributed by atoms with Gasteiger partial charge in [-0.3, -0.25) is 14.7 Å². The van der Waals surface area contributed by atoms with Gasteiger partial charge in [0.05, 0.1) is 5.75 Å². The Morgan fingerprint density at radius 3 is 2.94 bits per heavy atom. The second-order valence-electron chi connectivity index (χ2n) is 3.33. The van der Waals surface area contributed by atoms with E-state index < -0.39 is 5.97 Å². The van der Waals surface area contributed by atoms with Crippen molar-refractivity contribution in [2.75, 3.05) is 18.1 Å². The van der Waals surface area contributed by atoms with Crippen LogP contribution in [0.25, 0.3) is 0 Å². The number of carboxylic acid groups (broad SMARTS) is 1. The molecule has 94 valence electrons. The average molecular weight is 257 g/mol. The highest BCUT2D eigenvalue weighted by Crippen LogP contribution is 2.01. The second kappa shape index (κ2) is 6.95. The van der Waals surface area contributed by atoms with E-state index in [0.717, 1.165) is 12.1 Å². The Bertz CT molecular complexity index is 392. The van der Waals surface area contributed by atoms with Gasteiger partial charge in [-0.15, -0.1) is 11.8 Å². The van der Waals surface area contributed by atoms with Crippen LogP contribution in [-0.4, -0.2) is 45.2 Å². The molecule has 0 atom stereocenters. The van der Waals surface area contributed by atoms with E-state index >= 15 is 0 Å². The lowest BCUT2D eigenvalue weighted by Crippen LogP contribution is -2.26. The van der Waals surface area contributed by atoms with Gasteiger partial charge in [-0.1, -0.05) is 6.92 Å². The Kier molecular flexibility index (Phi) is 5.55. The molecular weight excluding hydrogens is 242 g/mol. The molecular formula is C10H15N3O3S. The molecule has 0 radical (unpaired) electrons. The number of aromatic nitrogens is 2. The number of carbonyl (C=O) groups is 2. The molecule has 0 aliphatic carbocycles. The summed E-state index contributed by atoms with van der Waals surface area (Å²) in [5, 5.41) is 17.7. The number of nitrogens with one attached hydrogen (secondary N) is 2. The normalized spacial score (nSPS) is 10.2. The standard InChI is InChI=1S/C10H15N3O3S/c1-2-7-5-8(13-12-7)10(16)11-3-4-17-6-9(14)15/h5H,2-4,6H2,1H3,(H,11,16)(H,12,13)(H,14,15). The highest BCUT2D eigenvalue weighted by Gasteiger charge is 2.08. The Balaban J connectivity index is 2.23. The fourth-order valence-corrected chi connectivity index (χ4v) is 1.71. The molecule has 1 amide bonds. The van der Waals surface area contributed by atoms with Gasteiger partial charge in [-0.2, -0.15) is 5.10 Å². The number of hydrogen-bond acceptors (Lipinski definition) is 4. The van der Waals surface area contributed by atoms with Crippen molar-refractivity contribution in [1.82, 2.24) is 15.5 Å². The van der Waals surface area contributed by atoms with Crippen molar-refractivity contribution in [3.8, 4) is 0 Å². The lowest BCUT2D eigenvalue weighted by molar-refractivity contribution is -0.133. The van der Waals surface area contributed by atoms with Gasteiger partial charge in [0.2, 0.25) is 0 Å². The van der Waals surface area contributed by atoms with Crippen LogP contribution in [0.15, 0.2) is 6.07 Å². The highest BCUT2D eigenvalue weighted by molar-refractivity contribution is 7.99. The van der Waals surface area contributed by atoms with Crippen LogP contribution in [0.2, 0.25) is 0 Å². The molecule has 0 saturated heterocycles. The summed E-state index contributed by atoms with van der Waals surface area (Å²) in [5.41, 5.74) is 1.28. The highest BCUT2D eigenvalue weighted by atomic mass is 32.2. The van der Waals surface area contributed by atoms with Crippen LogP contribution in [0, 0.1) is 0 Å². The van der Waals surface area contributed by atoms with E-state index in [9.17, 15) is 9.59 Å². The largest absolute Gasteiger partial charge is 0.481 e. The molecule has 3 N–H and O–H groups in total.